The Labute approximate surface area is 167 Å². The molecule has 1 N–H and O–H groups in total. The minimum Gasteiger partial charge on any atom is -0.491 e. The number of hydrogen-bond acceptors (Lipinski definition) is 4. The monoisotopic (exact) mass is 404 g/mol. The molecule has 28 heavy (non-hydrogen) atoms. The van der Waals surface area contributed by atoms with Gasteiger partial charge in [0.25, 0.3) is 0 Å². The number of nitrogens with zero attached hydrogens (tertiary/aromatic N) is 1. The van der Waals surface area contributed by atoms with Crippen LogP contribution in [0.25, 0.3) is 0 Å². The number of aryl methyl sites for hydroxylation is 2. The molecule has 0 saturated carbocycles. The fourth-order valence-electron chi connectivity index (χ4n) is 2.64. The molecule has 2 aromatic rings. The fraction of sp³-hybridized carbons (Fsp3) is 0.381. The van der Waals surface area contributed by atoms with Crippen molar-refractivity contribution >= 4 is 15.9 Å². The first-order valence-corrected chi connectivity index (χ1v) is 11.0. The van der Waals surface area contributed by atoms with E-state index in [1.165, 1.54) is 4.31 Å². The van der Waals surface area contributed by atoms with Crippen molar-refractivity contribution in [3.05, 3.63) is 65.2 Å². The van der Waals surface area contributed by atoms with Crippen molar-refractivity contribution in [2.24, 2.45) is 0 Å². The van der Waals surface area contributed by atoms with Gasteiger partial charge in [0.1, 0.15) is 12.4 Å². The van der Waals surface area contributed by atoms with Gasteiger partial charge in [0, 0.05) is 6.54 Å². The molecule has 0 heterocycles. The van der Waals surface area contributed by atoms with Gasteiger partial charge in [0.2, 0.25) is 15.9 Å². The first kappa shape index (κ1) is 21.9. The van der Waals surface area contributed by atoms with Gasteiger partial charge in [0.05, 0.1) is 18.8 Å². The molecule has 0 aliphatic carbocycles. The van der Waals surface area contributed by atoms with Crippen LogP contribution in [0.3, 0.4) is 0 Å². The van der Waals surface area contributed by atoms with Gasteiger partial charge < -0.3 is 10.1 Å². The maximum atomic E-state index is 12.4. The van der Waals surface area contributed by atoms with Crippen LogP contribution in [-0.4, -0.2) is 44.1 Å². The van der Waals surface area contributed by atoms with Crippen molar-refractivity contribution in [1.82, 2.24) is 9.62 Å². The second-order valence-electron chi connectivity index (χ2n) is 7.06. The van der Waals surface area contributed by atoms with Crippen LogP contribution in [0.5, 0.6) is 5.75 Å². The highest BCUT2D eigenvalue weighted by Crippen LogP contribution is 2.16. The van der Waals surface area contributed by atoms with E-state index in [0.29, 0.717) is 6.61 Å². The van der Waals surface area contributed by atoms with E-state index in [2.05, 4.69) is 5.32 Å². The summed E-state index contributed by atoms with van der Waals surface area (Å²) in [5.74, 6) is 0.402. The van der Waals surface area contributed by atoms with Crippen LogP contribution in [0.1, 0.15) is 23.6 Å². The zero-order valence-corrected chi connectivity index (χ0v) is 17.6. The Morgan fingerprint density at radius 2 is 1.75 bits per heavy atom. The normalized spacial score (nSPS) is 12.6. The minimum absolute atomic E-state index is 0.153. The predicted octanol–water partition coefficient (Wildman–Crippen LogP) is 2.65. The summed E-state index contributed by atoms with van der Waals surface area (Å²) in [5, 5.41) is 2.80. The van der Waals surface area contributed by atoms with Crippen LogP contribution < -0.4 is 10.1 Å². The summed E-state index contributed by atoms with van der Waals surface area (Å²) in [6.45, 7) is 5.95. The second-order valence-corrected chi connectivity index (χ2v) is 9.04. The molecule has 0 saturated heterocycles. The number of ether oxygens (including phenoxy) is 1. The SMILES string of the molecule is Cc1ccc(CN(CC(=O)N[C@H](C)COc2ccccc2C)S(C)(=O)=O)cc1. The number of rotatable bonds is 9. The summed E-state index contributed by atoms with van der Waals surface area (Å²) in [5.41, 5.74) is 2.94. The highest BCUT2D eigenvalue weighted by molar-refractivity contribution is 7.88. The van der Waals surface area contributed by atoms with Crippen LogP contribution in [0.4, 0.5) is 0 Å². The number of nitrogens with one attached hydrogen (secondary N) is 1. The Balaban J connectivity index is 1.91. The molecule has 0 spiro atoms. The molecule has 0 aromatic heterocycles. The summed E-state index contributed by atoms with van der Waals surface area (Å²) < 4.78 is 31.1. The van der Waals surface area contributed by atoms with Gasteiger partial charge in [-0.2, -0.15) is 4.31 Å². The fourth-order valence-corrected chi connectivity index (χ4v) is 3.38. The predicted molar refractivity (Wildman–Crippen MR) is 111 cm³/mol. The smallest absolute Gasteiger partial charge is 0.235 e. The number of hydrogen-bond donors (Lipinski definition) is 1. The largest absolute Gasteiger partial charge is 0.491 e. The van der Waals surface area contributed by atoms with E-state index in [1.807, 2.05) is 69.3 Å². The quantitative estimate of drug-likeness (QED) is 0.697. The molecule has 7 heteroatoms. The Morgan fingerprint density at radius 3 is 2.36 bits per heavy atom. The lowest BCUT2D eigenvalue weighted by molar-refractivity contribution is -0.122. The van der Waals surface area contributed by atoms with Crippen LogP contribution in [0.2, 0.25) is 0 Å². The number of benzene rings is 2. The van der Waals surface area contributed by atoms with Gasteiger partial charge in [-0.15, -0.1) is 0 Å². The number of carbonyl (C=O) groups excluding carboxylic acids is 1. The average molecular weight is 405 g/mol. The molecule has 0 aliphatic heterocycles. The number of amides is 1. The van der Waals surface area contributed by atoms with E-state index in [0.717, 1.165) is 28.7 Å². The van der Waals surface area contributed by atoms with Crippen molar-refractivity contribution in [2.75, 3.05) is 19.4 Å². The van der Waals surface area contributed by atoms with Gasteiger partial charge in [-0.1, -0.05) is 48.0 Å². The molecule has 0 bridgehead atoms. The lowest BCUT2D eigenvalue weighted by atomic mass is 10.1. The van der Waals surface area contributed by atoms with E-state index in [1.54, 1.807) is 0 Å². The van der Waals surface area contributed by atoms with Crippen molar-refractivity contribution < 1.29 is 17.9 Å². The molecule has 2 aromatic carbocycles. The van der Waals surface area contributed by atoms with E-state index in [9.17, 15) is 13.2 Å². The third-order valence-corrected chi connectivity index (χ3v) is 5.45. The standard InChI is InChI=1S/C21H28N2O4S/c1-16-9-11-19(12-10-16)13-23(28(4,25)26)14-21(24)22-18(3)15-27-20-8-6-5-7-17(20)2/h5-12,18H,13-15H2,1-4H3,(H,22,24)/t18-/m1/s1. The topological polar surface area (TPSA) is 75.7 Å². The van der Waals surface area contributed by atoms with Gasteiger partial charge in [-0.05, 0) is 38.0 Å². The molecule has 0 radical (unpaired) electrons. The van der Waals surface area contributed by atoms with Crippen LogP contribution in [0.15, 0.2) is 48.5 Å². The molecule has 0 aliphatic rings. The summed E-state index contributed by atoms with van der Waals surface area (Å²) in [6.07, 6.45) is 1.11. The Morgan fingerprint density at radius 1 is 1.11 bits per heavy atom. The lowest BCUT2D eigenvalue weighted by Crippen LogP contribution is -2.44. The van der Waals surface area contributed by atoms with E-state index in [4.69, 9.17) is 4.74 Å². The summed E-state index contributed by atoms with van der Waals surface area (Å²) in [7, 11) is -3.52. The number of para-hydroxylation sites is 1. The zero-order valence-electron chi connectivity index (χ0n) is 16.8. The van der Waals surface area contributed by atoms with Gasteiger partial charge in [-0.25, -0.2) is 8.42 Å². The van der Waals surface area contributed by atoms with Gasteiger partial charge in [-0.3, -0.25) is 4.79 Å². The lowest BCUT2D eigenvalue weighted by Gasteiger charge is -2.21. The second kappa shape index (κ2) is 9.71. The molecule has 152 valence electrons. The first-order chi connectivity index (χ1) is 13.1. The zero-order chi connectivity index (χ0) is 20.7. The molecular formula is C21H28N2O4S. The minimum atomic E-state index is -3.52. The summed E-state index contributed by atoms with van der Waals surface area (Å²) in [6, 6.07) is 15.0. The van der Waals surface area contributed by atoms with E-state index < -0.39 is 10.0 Å². The third-order valence-electron chi connectivity index (χ3n) is 4.26. The number of carbonyl (C=O) groups is 1. The molecule has 1 atom stereocenters. The van der Waals surface area contributed by atoms with Crippen molar-refractivity contribution in [3.63, 3.8) is 0 Å². The molecule has 1 amide bonds. The molecule has 0 fully saturated rings. The van der Waals surface area contributed by atoms with Crippen molar-refractivity contribution in [2.45, 2.75) is 33.4 Å². The Bertz CT molecular complexity index is 895. The van der Waals surface area contributed by atoms with Crippen LogP contribution in [0, 0.1) is 13.8 Å². The molecular weight excluding hydrogens is 376 g/mol. The summed E-state index contributed by atoms with van der Waals surface area (Å²) >= 11 is 0. The average Bonchev–Trinajstić information content (AvgIpc) is 2.61. The molecule has 6 nitrogen and oxygen atoms in total. The van der Waals surface area contributed by atoms with Gasteiger partial charge >= 0.3 is 0 Å². The summed E-state index contributed by atoms with van der Waals surface area (Å²) in [4.78, 5) is 12.4. The van der Waals surface area contributed by atoms with Crippen LogP contribution >= 0.6 is 0 Å². The maximum absolute atomic E-state index is 12.4. The number of sulfonamides is 1. The first-order valence-electron chi connectivity index (χ1n) is 9.13. The van der Waals surface area contributed by atoms with E-state index >= 15 is 0 Å². The maximum Gasteiger partial charge on any atom is 0.235 e. The molecule has 2 rings (SSSR count). The van der Waals surface area contributed by atoms with Crippen LogP contribution in [-0.2, 0) is 21.4 Å². The Hall–Kier alpha value is -2.38. The highest BCUT2D eigenvalue weighted by atomic mass is 32.2. The third kappa shape index (κ3) is 6.98. The van der Waals surface area contributed by atoms with Gasteiger partial charge in [0.15, 0.2) is 0 Å². The van der Waals surface area contributed by atoms with Crippen molar-refractivity contribution in [1.29, 1.82) is 0 Å². The van der Waals surface area contributed by atoms with Crippen molar-refractivity contribution in [3.8, 4) is 5.75 Å². The highest BCUT2D eigenvalue weighted by Gasteiger charge is 2.21. The van der Waals surface area contributed by atoms with E-state index in [-0.39, 0.29) is 25.0 Å². The molecule has 0 unspecified atom stereocenters. The Kier molecular flexibility index (Phi) is 7.60.